The Hall–Kier alpha value is -3.27. The molecule has 0 saturated heterocycles. The van der Waals surface area contributed by atoms with Crippen LogP contribution < -0.4 is 0 Å². The van der Waals surface area contributed by atoms with Crippen LogP contribution in [-0.2, 0) is 33.3 Å². The maximum Gasteiger partial charge on any atom is 0.361 e. The monoisotopic (exact) mass is 1010 g/mol. The number of carbonyl (C=O) groups excluding carboxylic acids is 2. The number of carbonyl (C=O) groups is 3. The lowest BCUT2D eigenvalue weighted by Gasteiger charge is -2.25. The molecule has 0 aliphatic carbocycles. The van der Waals surface area contributed by atoms with E-state index in [0.29, 0.717) is 23.9 Å². The fourth-order valence-electron chi connectivity index (χ4n) is 8.19. The van der Waals surface area contributed by atoms with Crippen molar-refractivity contribution in [2.45, 2.75) is 264 Å². The predicted molar refractivity (Wildman–Crippen MR) is 304 cm³/mol. The highest BCUT2D eigenvalue weighted by Gasteiger charge is 2.25. The van der Waals surface area contributed by atoms with E-state index in [2.05, 4.69) is 86.8 Å². The Balaban J connectivity index is 4.28. The van der Waals surface area contributed by atoms with E-state index in [-0.39, 0.29) is 32.2 Å². The van der Waals surface area contributed by atoms with E-state index in [1.807, 2.05) is 21.1 Å². The van der Waals surface area contributed by atoms with Crippen molar-refractivity contribution in [2.75, 3.05) is 47.5 Å². The first-order valence-corrected chi connectivity index (χ1v) is 29.6. The van der Waals surface area contributed by atoms with Crippen molar-refractivity contribution >= 4 is 17.9 Å². The zero-order valence-electron chi connectivity index (χ0n) is 47.3. The summed E-state index contributed by atoms with van der Waals surface area (Å²) in [5, 5.41) is 9.71. The molecule has 0 radical (unpaired) electrons. The van der Waals surface area contributed by atoms with Crippen molar-refractivity contribution in [3.8, 4) is 0 Å². The van der Waals surface area contributed by atoms with Gasteiger partial charge in [-0.25, -0.2) is 4.79 Å². The van der Waals surface area contributed by atoms with E-state index in [1.54, 1.807) is 0 Å². The molecule has 416 valence electrons. The van der Waals surface area contributed by atoms with Gasteiger partial charge in [0, 0.05) is 12.8 Å². The maximum absolute atomic E-state index is 12.9. The molecule has 0 aromatic carbocycles. The van der Waals surface area contributed by atoms with E-state index in [1.165, 1.54) is 122 Å². The van der Waals surface area contributed by atoms with Crippen molar-refractivity contribution in [3.05, 3.63) is 72.9 Å². The van der Waals surface area contributed by atoms with Gasteiger partial charge in [0.1, 0.15) is 13.2 Å². The van der Waals surface area contributed by atoms with E-state index in [9.17, 15) is 19.5 Å². The second kappa shape index (κ2) is 54.0. The van der Waals surface area contributed by atoms with Crippen LogP contribution in [-0.4, -0.2) is 87.4 Å². The van der Waals surface area contributed by atoms with Gasteiger partial charge in [0.05, 0.1) is 34.4 Å². The van der Waals surface area contributed by atoms with Crippen LogP contribution in [0, 0.1) is 0 Å². The number of aliphatic carboxylic acids is 1. The van der Waals surface area contributed by atoms with Gasteiger partial charge >= 0.3 is 17.9 Å². The SMILES string of the molecule is CC/C=C\C/C=C\C/C=C\C/C=C\C/C=C\C/C=C\CCCCCCCCC(=O)OC(COC(=O)CCCCCCCCCCCCCCCCCCCCCCCC)COC(OCC[N+](C)(C)C)C(=O)O. The molecule has 2 atom stereocenters. The molecule has 0 amide bonds. The van der Waals surface area contributed by atoms with Crippen LogP contribution in [0.1, 0.15) is 251 Å². The summed E-state index contributed by atoms with van der Waals surface area (Å²) in [7, 11) is 5.96. The maximum atomic E-state index is 12.9. The van der Waals surface area contributed by atoms with E-state index in [4.69, 9.17) is 18.9 Å². The Bertz CT molecular complexity index is 1410. The molecule has 9 nitrogen and oxygen atoms in total. The summed E-state index contributed by atoms with van der Waals surface area (Å²) >= 11 is 0. The Morgan fingerprint density at radius 2 is 0.792 bits per heavy atom. The van der Waals surface area contributed by atoms with Gasteiger partial charge in [0.15, 0.2) is 6.10 Å². The number of unbranched alkanes of at least 4 members (excludes halogenated alkanes) is 27. The smallest absolute Gasteiger partial charge is 0.361 e. The summed E-state index contributed by atoms with van der Waals surface area (Å²) in [5.74, 6) is -2.02. The third-order valence-electron chi connectivity index (χ3n) is 12.7. The number of rotatable bonds is 54. The van der Waals surface area contributed by atoms with Crippen LogP contribution in [0.15, 0.2) is 72.9 Å². The molecular formula is C63H112NO8+. The first-order valence-electron chi connectivity index (χ1n) is 29.6. The van der Waals surface area contributed by atoms with Crippen LogP contribution >= 0.6 is 0 Å². The summed E-state index contributed by atoms with van der Waals surface area (Å²) in [4.78, 5) is 37.5. The van der Waals surface area contributed by atoms with Gasteiger partial charge in [-0.3, -0.25) is 9.59 Å². The Labute approximate surface area is 443 Å². The van der Waals surface area contributed by atoms with E-state index >= 15 is 0 Å². The number of likely N-dealkylation sites (N-methyl/N-ethyl adjacent to an activating group) is 1. The minimum Gasteiger partial charge on any atom is -0.477 e. The van der Waals surface area contributed by atoms with Gasteiger partial charge in [-0.05, 0) is 64.2 Å². The molecule has 0 aromatic rings. The standard InChI is InChI=1S/C63H111NO8/c1-6-8-10-12-14-16-18-20-22-24-26-28-30-31-32-34-36-38-40-42-44-46-48-50-52-54-61(66)72-59(58-71-63(62(67)68)69-56-55-64(3,4)5)57-70-60(65)53-51-49-47-45-43-41-39-37-35-33-29-27-25-23-21-19-17-15-13-11-9-7-2/h8,10,14,16,20,22,26,28,31-32,36,38,59,63H,6-7,9,11-13,15,17-19,21,23-25,27,29-30,33-35,37,39-58H2,1-5H3/p+1/b10-8-,16-14-,22-20-,28-26-,32-31-,38-36-. The molecule has 0 aliphatic rings. The normalized spacial score (nSPS) is 13.3. The molecule has 72 heavy (non-hydrogen) atoms. The molecule has 1 N–H and O–H groups in total. The highest BCUT2D eigenvalue weighted by molar-refractivity contribution is 5.71. The predicted octanol–water partition coefficient (Wildman–Crippen LogP) is 17.4. The van der Waals surface area contributed by atoms with E-state index in [0.717, 1.165) is 96.3 Å². The van der Waals surface area contributed by atoms with Crippen molar-refractivity contribution in [2.24, 2.45) is 0 Å². The van der Waals surface area contributed by atoms with Crippen molar-refractivity contribution in [3.63, 3.8) is 0 Å². The average Bonchev–Trinajstić information content (AvgIpc) is 3.35. The lowest BCUT2D eigenvalue weighted by Crippen LogP contribution is -2.40. The lowest BCUT2D eigenvalue weighted by atomic mass is 10.0. The van der Waals surface area contributed by atoms with Crippen LogP contribution in [0.4, 0.5) is 0 Å². The summed E-state index contributed by atoms with van der Waals surface area (Å²) in [6, 6.07) is 0. The highest BCUT2D eigenvalue weighted by Crippen LogP contribution is 2.17. The minimum atomic E-state index is -1.52. The van der Waals surface area contributed by atoms with Crippen molar-refractivity contribution in [1.82, 2.24) is 0 Å². The Morgan fingerprint density at radius 3 is 1.18 bits per heavy atom. The molecule has 0 aromatic heterocycles. The Kier molecular flexibility index (Phi) is 51.6. The number of quaternary nitrogens is 1. The fraction of sp³-hybridized carbons (Fsp3) is 0.762. The number of allylic oxidation sites excluding steroid dienone is 12. The molecule has 0 bridgehead atoms. The van der Waals surface area contributed by atoms with Crippen LogP contribution in [0.3, 0.4) is 0 Å². The number of esters is 2. The molecule has 0 aliphatic heterocycles. The largest absolute Gasteiger partial charge is 0.477 e. The van der Waals surface area contributed by atoms with Crippen molar-refractivity contribution < 1.29 is 42.9 Å². The third-order valence-corrected chi connectivity index (χ3v) is 12.7. The molecular weight excluding hydrogens is 899 g/mol. The molecule has 0 spiro atoms. The van der Waals surface area contributed by atoms with Gasteiger partial charge in [-0.15, -0.1) is 0 Å². The number of carboxylic acids is 1. The minimum absolute atomic E-state index is 0.182. The first-order chi connectivity index (χ1) is 35.1. The lowest BCUT2D eigenvalue weighted by molar-refractivity contribution is -0.870. The van der Waals surface area contributed by atoms with Gasteiger partial charge in [0.25, 0.3) is 6.29 Å². The van der Waals surface area contributed by atoms with Gasteiger partial charge in [-0.1, -0.05) is 247 Å². The molecule has 0 fully saturated rings. The van der Waals surface area contributed by atoms with Gasteiger partial charge in [-0.2, -0.15) is 0 Å². The molecule has 0 rings (SSSR count). The molecule has 0 heterocycles. The zero-order chi connectivity index (χ0) is 52.7. The summed E-state index contributed by atoms with van der Waals surface area (Å²) in [6.07, 6.45) is 66.9. The topological polar surface area (TPSA) is 108 Å². The van der Waals surface area contributed by atoms with Crippen molar-refractivity contribution in [1.29, 1.82) is 0 Å². The second-order valence-corrected chi connectivity index (χ2v) is 20.9. The molecule has 2 unspecified atom stereocenters. The highest BCUT2D eigenvalue weighted by atomic mass is 16.7. The number of hydrogen-bond acceptors (Lipinski definition) is 7. The second-order valence-electron chi connectivity index (χ2n) is 20.9. The molecule has 0 saturated carbocycles. The first kappa shape index (κ1) is 68.7. The number of hydrogen-bond donors (Lipinski definition) is 1. The quantitative estimate of drug-likeness (QED) is 0.0211. The van der Waals surface area contributed by atoms with E-state index < -0.39 is 24.3 Å². The molecule has 9 heteroatoms. The van der Waals surface area contributed by atoms with Gasteiger partial charge in [0.2, 0.25) is 0 Å². The van der Waals surface area contributed by atoms with Gasteiger partial charge < -0.3 is 28.5 Å². The average molecular weight is 1010 g/mol. The number of nitrogens with zero attached hydrogens (tertiary/aromatic N) is 1. The van der Waals surface area contributed by atoms with Crippen LogP contribution in [0.2, 0.25) is 0 Å². The Morgan fingerprint density at radius 1 is 0.431 bits per heavy atom. The van der Waals surface area contributed by atoms with Crippen LogP contribution in [0.5, 0.6) is 0 Å². The number of carboxylic acid groups (broad SMARTS) is 1. The summed E-state index contributed by atoms with van der Waals surface area (Å²) in [6.45, 7) is 4.77. The zero-order valence-corrected chi connectivity index (χ0v) is 47.3. The summed E-state index contributed by atoms with van der Waals surface area (Å²) in [5.41, 5.74) is 0. The fourth-order valence-corrected chi connectivity index (χ4v) is 8.19. The third kappa shape index (κ3) is 54.5. The number of ether oxygens (including phenoxy) is 4. The summed E-state index contributed by atoms with van der Waals surface area (Å²) < 4.78 is 22.9. The van der Waals surface area contributed by atoms with Crippen LogP contribution in [0.25, 0.3) is 0 Å².